The van der Waals surface area contributed by atoms with Crippen molar-refractivity contribution in [2.45, 2.75) is 37.6 Å². The number of hydrogen-bond acceptors (Lipinski definition) is 3. The molecule has 5 nitrogen and oxygen atoms in total. The summed E-state index contributed by atoms with van der Waals surface area (Å²) in [6, 6.07) is 0. The van der Waals surface area contributed by atoms with Gasteiger partial charge in [0.2, 0.25) is 0 Å². The van der Waals surface area contributed by atoms with Crippen molar-refractivity contribution in [2.24, 2.45) is 0 Å². The number of aliphatic carboxylic acids is 1. The number of β-amino-alcohol motifs (C(OH)–C–C–N with tert-alkyl or cyclic N) is 1. The van der Waals surface area contributed by atoms with E-state index in [4.69, 9.17) is 5.11 Å². The molecular weight excluding hydrogens is 243 g/mol. The molecule has 17 heavy (non-hydrogen) atoms. The van der Waals surface area contributed by atoms with Crippen LogP contribution < -0.4 is 0 Å². The van der Waals surface area contributed by atoms with E-state index in [1.165, 1.54) is 0 Å². The summed E-state index contributed by atoms with van der Waals surface area (Å²) >= 11 is 0. The molecule has 2 N–H and O–H groups in total. The van der Waals surface area contributed by atoms with E-state index in [2.05, 4.69) is 0 Å². The first-order valence-corrected chi connectivity index (χ1v) is 4.89. The summed E-state index contributed by atoms with van der Waals surface area (Å²) in [5, 5.41) is 18.2. The zero-order chi connectivity index (χ0) is 13.4. The third-order valence-electron chi connectivity index (χ3n) is 2.90. The lowest BCUT2D eigenvalue weighted by atomic mass is 9.87. The van der Waals surface area contributed by atoms with Crippen molar-refractivity contribution in [3.63, 3.8) is 0 Å². The standard InChI is InChI=1S/C9H12F3NO4/c1-8(7(16)17)3-2-5(14)4-13(8)6(15)9(10,11)12/h5,14H,2-4H2,1H3,(H,16,17)/t5-,8-/m0/s1. The van der Waals surface area contributed by atoms with E-state index in [-0.39, 0.29) is 17.7 Å². The Bertz CT molecular complexity index is 344. The number of likely N-dealkylation sites (tertiary alicyclic amines) is 1. The first-order chi connectivity index (χ1) is 7.59. The maximum Gasteiger partial charge on any atom is 0.471 e. The van der Waals surface area contributed by atoms with Crippen LogP contribution in [0.5, 0.6) is 0 Å². The molecule has 0 radical (unpaired) electrons. The van der Waals surface area contributed by atoms with Crippen molar-refractivity contribution in [3.05, 3.63) is 0 Å². The maximum atomic E-state index is 12.3. The van der Waals surface area contributed by atoms with Gasteiger partial charge in [-0.15, -0.1) is 0 Å². The number of carbonyl (C=O) groups is 2. The van der Waals surface area contributed by atoms with Gasteiger partial charge in [0.15, 0.2) is 0 Å². The van der Waals surface area contributed by atoms with Crippen molar-refractivity contribution in [1.82, 2.24) is 4.90 Å². The van der Waals surface area contributed by atoms with Gasteiger partial charge in [0, 0.05) is 6.54 Å². The maximum absolute atomic E-state index is 12.3. The van der Waals surface area contributed by atoms with Gasteiger partial charge in [-0.25, -0.2) is 4.79 Å². The first-order valence-electron chi connectivity index (χ1n) is 4.89. The Morgan fingerprint density at radius 1 is 1.41 bits per heavy atom. The number of carboxylic acid groups (broad SMARTS) is 1. The molecule has 98 valence electrons. The molecule has 1 amide bonds. The molecular formula is C9H12F3NO4. The number of aliphatic hydroxyl groups excluding tert-OH is 1. The smallest absolute Gasteiger partial charge is 0.471 e. The third kappa shape index (κ3) is 2.51. The molecule has 0 aliphatic carbocycles. The molecule has 2 atom stereocenters. The number of halogens is 3. The molecule has 0 unspecified atom stereocenters. The highest BCUT2D eigenvalue weighted by molar-refractivity contribution is 5.89. The van der Waals surface area contributed by atoms with Gasteiger partial charge in [0.05, 0.1) is 6.10 Å². The summed E-state index contributed by atoms with van der Waals surface area (Å²) < 4.78 is 36.9. The highest BCUT2D eigenvalue weighted by Gasteiger charge is 2.53. The van der Waals surface area contributed by atoms with Gasteiger partial charge >= 0.3 is 18.1 Å². The quantitative estimate of drug-likeness (QED) is 0.709. The second-order valence-electron chi connectivity index (χ2n) is 4.19. The minimum absolute atomic E-state index is 0.0461. The predicted molar refractivity (Wildman–Crippen MR) is 49.0 cm³/mol. The molecule has 0 aromatic carbocycles. The van der Waals surface area contributed by atoms with Crippen LogP contribution in [-0.4, -0.2) is 51.4 Å². The number of carboxylic acids is 1. The van der Waals surface area contributed by atoms with Crippen LogP contribution in [0.15, 0.2) is 0 Å². The highest BCUT2D eigenvalue weighted by atomic mass is 19.4. The zero-order valence-corrected chi connectivity index (χ0v) is 8.99. The molecule has 0 bridgehead atoms. The van der Waals surface area contributed by atoms with E-state index in [1.807, 2.05) is 0 Å². The summed E-state index contributed by atoms with van der Waals surface area (Å²) in [7, 11) is 0. The topological polar surface area (TPSA) is 77.8 Å². The Balaban J connectivity index is 3.06. The third-order valence-corrected chi connectivity index (χ3v) is 2.90. The Labute approximate surface area is 94.8 Å². The van der Waals surface area contributed by atoms with Crippen molar-refractivity contribution in [2.75, 3.05) is 6.54 Å². The molecule has 0 aromatic heterocycles. The van der Waals surface area contributed by atoms with Crippen LogP contribution >= 0.6 is 0 Å². The van der Waals surface area contributed by atoms with Gasteiger partial charge in [0.25, 0.3) is 0 Å². The van der Waals surface area contributed by atoms with Gasteiger partial charge in [-0.05, 0) is 19.8 Å². The van der Waals surface area contributed by atoms with Crippen molar-refractivity contribution < 1.29 is 33.0 Å². The molecule has 1 aliphatic heterocycles. The number of rotatable bonds is 1. The minimum atomic E-state index is -5.15. The van der Waals surface area contributed by atoms with E-state index in [0.717, 1.165) is 6.92 Å². The largest absolute Gasteiger partial charge is 0.480 e. The van der Waals surface area contributed by atoms with Gasteiger partial charge in [0.1, 0.15) is 5.54 Å². The number of carbonyl (C=O) groups excluding carboxylic acids is 1. The molecule has 0 aromatic rings. The first kappa shape index (κ1) is 13.8. The van der Waals surface area contributed by atoms with Gasteiger partial charge in [-0.2, -0.15) is 13.2 Å². The Kier molecular flexibility index (Phi) is 3.37. The van der Waals surface area contributed by atoms with Crippen molar-refractivity contribution >= 4 is 11.9 Å². The summed E-state index contributed by atoms with van der Waals surface area (Å²) in [5.74, 6) is -3.75. The van der Waals surface area contributed by atoms with Gasteiger partial charge < -0.3 is 15.1 Å². The fraction of sp³-hybridized carbons (Fsp3) is 0.778. The average Bonchev–Trinajstić information content (AvgIpc) is 2.19. The van der Waals surface area contributed by atoms with Gasteiger partial charge in [-0.1, -0.05) is 0 Å². The number of piperidine rings is 1. The fourth-order valence-electron chi connectivity index (χ4n) is 1.77. The van der Waals surface area contributed by atoms with E-state index in [9.17, 15) is 27.9 Å². The highest BCUT2D eigenvalue weighted by Crippen LogP contribution is 2.32. The molecule has 1 fully saturated rings. The van der Waals surface area contributed by atoms with Crippen LogP contribution in [0.2, 0.25) is 0 Å². The van der Waals surface area contributed by atoms with E-state index in [1.54, 1.807) is 0 Å². The fourth-order valence-corrected chi connectivity index (χ4v) is 1.77. The molecule has 1 heterocycles. The van der Waals surface area contributed by atoms with Crippen LogP contribution in [0.3, 0.4) is 0 Å². The summed E-state index contributed by atoms with van der Waals surface area (Å²) in [5.41, 5.74) is -1.92. The van der Waals surface area contributed by atoms with E-state index in [0.29, 0.717) is 0 Å². The molecule has 8 heteroatoms. The number of hydrogen-bond donors (Lipinski definition) is 2. The molecule has 1 saturated heterocycles. The SMILES string of the molecule is C[C@@]1(C(=O)O)CC[C@H](O)CN1C(=O)C(F)(F)F. The number of amides is 1. The van der Waals surface area contributed by atoms with Crippen LogP contribution in [-0.2, 0) is 9.59 Å². The molecule has 0 saturated carbocycles. The van der Waals surface area contributed by atoms with Gasteiger partial charge in [-0.3, -0.25) is 4.79 Å². The molecule has 0 spiro atoms. The summed E-state index contributed by atoms with van der Waals surface area (Å²) in [6.07, 6.45) is -6.45. The number of alkyl halides is 3. The lowest BCUT2D eigenvalue weighted by molar-refractivity contribution is -0.199. The second kappa shape index (κ2) is 4.17. The molecule has 1 rings (SSSR count). The Morgan fingerprint density at radius 3 is 2.35 bits per heavy atom. The van der Waals surface area contributed by atoms with Crippen LogP contribution in [0.1, 0.15) is 19.8 Å². The Hall–Kier alpha value is -1.31. The Morgan fingerprint density at radius 2 is 1.94 bits per heavy atom. The number of nitrogens with zero attached hydrogens (tertiary/aromatic N) is 1. The minimum Gasteiger partial charge on any atom is -0.480 e. The van der Waals surface area contributed by atoms with Crippen LogP contribution in [0.4, 0.5) is 13.2 Å². The average molecular weight is 255 g/mol. The molecule has 1 aliphatic rings. The lowest BCUT2D eigenvalue weighted by Gasteiger charge is -2.43. The summed E-state index contributed by atoms with van der Waals surface area (Å²) in [4.78, 5) is 22.3. The second-order valence-corrected chi connectivity index (χ2v) is 4.19. The van der Waals surface area contributed by atoms with E-state index >= 15 is 0 Å². The summed E-state index contributed by atoms with van der Waals surface area (Å²) in [6.45, 7) is 0.423. The zero-order valence-electron chi connectivity index (χ0n) is 8.99. The normalized spacial score (nSPS) is 30.2. The van der Waals surface area contributed by atoms with Crippen LogP contribution in [0, 0.1) is 0 Å². The monoisotopic (exact) mass is 255 g/mol. The van der Waals surface area contributed by atoms with Crippen molar-refractivity contribution in [1.29, 1.82) is 0 Å². The number of aliphatic hydroxyl groups is 1. The van der Waals surface area contributed by atoms with Crippen LogP contribution in [0.25, 0.3) is 0 Å². The predicted octanol–water partition coefficient (Wildman–Crippen LogP) is 0.375. The lowest BCUT2D eigenvalue weighted by Crippen LogP contribution is -2.63. The van der Waals surface area contributed by atoms with Crippen molar-refractivity contribution in [3.8, 4) is 0 Å². The van der Waals surface area contributed by atoms with E-state index < -0.39 is 36.2 Å².